The fourth-order valence-electron chi connectivity index (χ4n) is 1.79. The standard InChI is InChI=1S/C14H16FN5O3S/c1-9-2-3-10(8-11(9)15)20-24(22,23)7-6-19-14(21)12-13(16)18-5-4-17-12/h2-5,8,20H,6-7H2,1H3,(H2,16,18)(H,19,21). The normalized spacial score (nSPS) is 11.1. The van der Waals surface area contributed by atoms with Crippen LogP contribution in [0.15, 0.2) is 30.6 Å². The molecule has 1 heterocycles. The summed E-state index contributed by atoms with van der Waals surface area (Å²) in [5, 5.41) is 2.39. The second-order valence-corrected chi connectivity index (χ2v) is 6.77. The lowest BCUT2D eigenvalue weighted by molar-refractivity contribution is 0.0952. The highest BCUT2D eigenvalue weighted by Crippen LogP contribution is 2.14. The molecule has 4 N–H and O–H groups in total. The van der Waals surface area contributed by atoms with Crippen LogP contribution in [0.2, 0.25) is 0 Å². The van der Waals surface area contributed by atoms with Crippen LogP contribution in [0.25, 0.3) is 0 Å². The minimum atomic E-state index is -3.75. The van der Waals surface area contributed by atoms with Crippen molar-refractivity contribution < 1.29 is 17.6 Å². The van der Waals surface area contributed by atoms with E-state index in [-0.39, 0.29) is 23.7 Å². The zero-order valence-corrected chi connectivity index (χ0v) is 13.6. The molecule has 0 unspecified atom stereocenters. The van der Waals surface area contributed by atoms with Gasteiger partial charge in [0, 0.05) is 18.9 Å². The first-order chi connectivity index (χ1) is 11.3. The number of halogens is 1. The molecule has 24 heavy (non-hydrogen) atoms. The van der Waals surface area contributed by atoms with Gasteiger partial charge in [-0.25, -0.2) is 22.8 Å². The van der Waals surface area contributed by atoms with Gasteiger partial charge in [0.1, 0.15) is 5.82 Å². The summed E-state index contributed by atoms with van der Waals surface area (Å²) in [4.78, 5) is 19.3. The molecule has 0 atom stereocenters. The summed E-state index contributed by atoms with van der Waals surface area (Å²) in [7, 11) is -3.75. The van der Waals surface area contributed by atoms with Crippen LogP contribution in [0.1, 0.15) is 16.1 Å². The van der Waals surface area contributed by atoms with Crippen LogP contribution < -0.4 is 15.8 Å². The number of carbonyl (C=O) groups is 1. The fraction of sp³-hybridized carbons (Fsp3) is 0.214. The molecule has 0 aliphatic rings. The molecule has 8 nitrogen and oxygen atoms in total. The molecule has 0 fully saturated rings. The van der Waals surface area contributed by atoms with Crippen LogP contribution in [0.5, 0.6) is 0 Å². The predicted molar refractivity (Wildman–Crippen MR) is 87.3 cm³/mol. The number of amides is 1. The third-order valence-corrected chi connectivity index (χ3v) is 4.33. The maximum Gasteiger partial charge on any atom is 0.273 e. The number of nitrogens with zero attached hydrogens (tertiary/aromatic N) is 2. The highest BCUT2D eigenvalue weighted by Gasteiger charge is 2.15. The summed E-state index contributed by atoms with van der Waals surface area (Å²) in [5.41, 5.74) is 5.95. The molecular weight excluding hydrogens is 337 g/mol. The zero-order chi connectivity index (χ0) is 17.7. The first-order valence-electron chi connectivity index (χ1n) is 6.90. The average Bonchev–Trinajstić information content (AvgIpc) is 2.51. The van der Waals surface area contributed by atoms with Crippen molar-refractivity contribution in [2.75, 3.05) is 22.8 Å². The van der Waals surface area contributed by atoms with Gasteiger partial charge in [-0.3, -0.25) is 9.52 Å². The highest BCUT2D eigenvalue weighted by molar-refractivity contribution is 7.92. The zero-order valence-electron chi connectivity index (χ0n) is 12.8. The molecule has 0 aliphatic carbocycles. The van der Waals surface area contributed by atoms with E-state index in [9.17, 15) is 17.6 Å². The van der Waals surface area contributed by atoms with Crippen molar-refractivity contribution in [3.05, 3.63) is 47.7 Å². The summed E-state index contributed by atoms with van der Waals surface area (Å²) in [6.07, 6.45) is 2.64. The molecule has 10 heteroatoms. The number of anilines is 2. The summed E-state index contributed by atoms with van der Waals surface area (Å²) < 4.78 is 39.5. The lowest BCUT2D eigenvalue weighted by atomic mass is 10.2. The van der Waals surface area contributed by atoms with E-state index in [4.69, 9.17) is 5.73 Å². The first-order valence-corrected chi connectivity index (χ1v) is 8.55. The van der Waals surface area contributed by atoms with Gasteiger partial charge in [0.05, 0.1) is 11.4 Å². The van der Waals surface area contributed by atoms with Crippen molar-refractivity contribution in [3.63, 3.8) is 0 Å². The lowest BCUT2D eigenvalue weighted by Crippen LogP contribution is -2.32. The molecule has 0 saturated carbocycles. The minimum absolute atomic E-state index is 0.0499. The molecule has 1 aromatic carbocycles. The lowest BCUT2D eigenvalue weighted by Gasteiger charge is -2.10. The number of hydrogen-bond acceptors (Lipinski definition) is 6. The van der Waals surface area contributed by atoms with E-state index in [2.05, 4.69) is 20.0 Å². The number of rotatable bonds is 6. The third-order valence-electron chi connectivity index (χ3n) is 3.04. The molecule has 2 rings (SSSR count). The summed E-state index contributed by atoms with van der Waals surface area (Å²) >= 11 is 0. The quantitative estimate of drug-likeness (QED) is 0.701. The molecule has 0 saturated heterocycles. The molecule has 2 aromatic rings. The van der Waals surface area contributed by atoms with Gasteiger partial charge in [-0.1, -0.05) is 6.07 Å². The number of benzene rings is 1. The van der Waals surface area contributed by atoms with Crippen LogP contribution in [0.3, 0.4) is 0 Å². The number of hydrogen-bond donors (Lipinski definition) is 3. The SMILES string of the molecule is Cc1ccc(NS(=O)(=O)CCNC(=O)c2nccnc2N)cc1F. The topological polar surface area (TPSA) is 127 Å². The van der Waals surface area contributed by atoms with E-state index < -0.39 is 27.5 Å². The molecular formula is C14H16FN5O3S. The highest BCUT2D eigenvalue weighted by atomic mass is 32.2. The molecule has 0 radical (unpaired) electrons. The van der Waals surface area contributed by atoms with E-state index in [1.807, 2.05) is 0 Å². The molecule has 0 aliphatic heterocycles. The Labute approximate surface area is 138 Å². The van der Waals surface area contributed by atoms with Gasteiger partial charge >= 0.3 is 0 Å². The molecule has 128 valence electrons. The molecule has 0 bridgehead atoms. The van der Waals surface area contributed by atoms with Crippen molar-refractivity contribution in [3.8, 4) is 0 Å². The Morgan fingerprint density at radius 1 is 1.29 bits per heavy atom. The van der Waals surface area contributed by atoms with Gasteiger partial charge in [-0.15, -0.1) is 0 Å². The Bertz CT molecular complexity index is 857. The summed E-state index contributed by atoms with van der Waals surface area (Å²) in [6.45, 7) is 1.40. The molecule has 0 spiro atoms. The molecule has 1 amide bonds. The van der Waals surface area contributed by atoms with Gasteiger partial charge in [0.2, 0.25) is 10.0 Å². The first kappa shape index (κ1) is 17.6. The van der Waals surface area contributed by atoms with Crippen molar-refractivity contribution in [1.29, 1.82) is 0 Å². The van der Waals surface area contributed by atoms with Crippen LogP contribution in [0.4, 0.5) is 15.9 Å². The van der Waals surface area contributed by atoms with Gasteiger partial charge in [-0.2, -0.15) is 0 Å². The van der Waals surface area contributed by atoms with E-state index in [0.29, 0.717) is 5.56 Å². The fourth-order valence-corrected chi connectivity index (χ4v) is 2.75. The van der Waals surface area contributed by atoms with E-state index in [1.165, 1.54) is 24.5 Å². The summed E-state index contributed by atoms with van der Waals surface area (Å²) in [6, 6.07) is 4.01. The Kier molecular flexibility index (Phi) is 5.29. The number of nitrogen functional groups attached to an aromatic ring is 1. The van der Waals surface area contributed by atoms with Gasteiger partial charge in [0.25, 0.3) is 5.91 Å². The Hall–Kier alpha value is -2.75. The number of carbonyl (C=O) groups excluding carboxylic acids is 1. The van der Waals surface area contributed by atoms with Gasteiger partial charge < -0.3 is 11.1 Å². The smallest absolute Gasteiger partial charge is 0.273 e. The van der Waals surface area contributed by atoms with Crippen LogP contribution in [-0.4, -0.2) is 36.6 Å². The second-order valence-electron chi connectivity index (χ2n) is 4.93. The van der Waals surface area contributed by atoms with Gasteiger partial charge in [0.15, 0.2) is 11.5 Å². The third kappa shape index (κ3) is 4.62. The van der Waals surface area contributed by atoms with Crippen LogP contribution in [-0.2, 0) is 10.0 Å². The van der Waals surface area contributed by atoms with Crippen molar-refractivity contribution >= 4 is 27.4 Å². The van der Waals surface area contributed by atoms with Gasteiger partial charge in [-0.05, 0) is 24.6 Å². The number of aryl methyl sites for hydroxylation is 1. The maximum atomic E-state index is 13.4. The monoisotopic (exact) mass is 353 g/mol. The van der Waals surface area contributed by atoms with E-state index in [1.54, 1.807) is 6.92 Å². The van der Waals surface area contributed by atoms with Crippen LogP contribution >= 0.6 is 0 Å². The second kappa shape index (κ2) is 7.21. The minimum Gasteiger partial charge on any atom is -0.382 e. The Morgan fingerprint density at radius 2 is 2.00 bits per heavy atom. The maximum absolute atomic E-state index is 13.4. The number of nitrogens with one attached hydrogen (secondary N) is 2. The Balaban J connectivity index is 1.92. The van der Waals surface area contributed by atoms with E-state index in [0.717, 1.165) is 6.07 Å². The molecule has 1 aromatic heterocycles. The average molecular weight is 353 g/mol. The van der Waals surface area contributed by atoms with Crippen LogP contribution in [0, 0.1) is 12.7 Å². The number of nitrogens with two attached hydrogens (primary N) is 1. The summed E-state index contributed by atoms with van der Waals surface area (Å²) in [5.74, 6) is -1.58. The predicted octanol–water partition coefficient (Wildman–Crippen LogP) is 0.678. The van der Waals surface area contributed by atoms with Crippen molar-refractivity contribution in [2.45, 2.75) is 6.92 Å². The van der Waals surface area contributed by atoms with Crippen molar-refractivity contribution in [2.24, 2.45) is 0 Å². The largest absolute Gasteiger partial charge is 0.382 e. The number of aromatic nitrogens is 2. The number of sulfonamides is 1. The van der Waals surface area contributed by atoms with E-state index >= 15 is 0 Å². The Morgan fingerprint density at radius 3 is 2.67 bits per heavy atom. The van der Waals surface area contributed by atoms with Crippen molar-refractivity contribution in [1.82, 2.24) is 15.3 Å².